The van der Waals surface area contributed by atoms with Crippen LogP contribution in [-0.4, -0.2) is 33.4 Å². The van der Waals surface area contributed by atoms with Gasteiger partial charge in [-0.25, -0.2) is 5.43 Å². The van der Waals surface area contributed by atoms with E-state index >= 15 is 0 Å². The lowest BCUT2D eigenvalue weighted by Gasteiger charge is -2.10. The summed E-state index contributed by atoms with van der Waals surface area (Å²) in [5.41, 5.74) is 5.45. The zero-order chi connectivity index (χ0) is 22.9. The van der Waals surface area contributed by atoms with E-state index in [4.69, 9.17) is 4.74 Å². The van der Waals surface area contributed by atoms with Gasteiger partial charge in [0.2, 0.25) is 17.8 Å². The summed E-state index contributed by atoms with van der Waals surface area (Å²) in [7, 11) is 1.50. The third kappa shape index (κ3) is 6.17. The summed E-state index contributed by atoms with van der Waals surface area (Å²) in [6, 6.07) is 24.6. The molecule has 0 spiro atoms. The summed E-state index contributed by atoms with van der Waals surface area (Å²) in [5.74, 6) is 1.44. The molecular formula is C24H23N7O2. The number of hydrogen-bond donors (Lipinski definition) is 4. The first kappa shape index (κ1) is 21.6. The van der Waals surface area contributed by atoms with Crippen LogP contribution in [0.25, 0.3) is 0 Å². The lowest BCUT2D eigenvalue weighted by Crippen LogP contribution is -2.09. The molecule has 9 heteroatoms. The molecule has 166 valence electrons. The molecular weight excluding hydrogens is 418 g/mol. The summed E-state index contributed by atoms with van der Waals surface area (Å²) < 4.78 is 5.05. The molecule has 4 aromatic rings. The van der Waals surface area contributed by atoms with Gasteiger partial charge in [-0.15, -0.1) is 0 Å². The Hall–Kier alpha value is -4.66. The minimum Gasteiger partial charge on any atom is -0.504 e. The van der Waals surface area contributed by atoms with E-state index in [9.17, 15) is 5.11 Å². The van der Waals surface area contributed by atoms with E-state index in [1.807, 2.05) is 60.7 Å². The zero-order valence-electron chi connectivity index (χ0n) is 17.9. The number of nitrogens with one attached hydrogen (secondary N) is 3. The van der Waals surface area contributed by atoms with Crippen LogP contribution < -0.4 is 20.8 Å². The predicted octanol–water partition coefficient (Wildman–Crippen LogP) is 4.39. The SMILES string of the molecule is COc1ccc(C=NNc2nc(NCc3ccccc3)nc(Nc3ccccc3)n2)cc1O. The maximum atomic E-state index is 9.92. The second kappa shape index (κ2) is 10.6. The first-order chi connectivity index (χ1) is 16.2. The van der Waals surface area contributed by atoms with Crippen molar-refractivity contribution in [3.05, 3.63) is 90.0 Å². The quantitative estimate of drug-likeness (QED) is 0.223. The van der Waals surface area contributed by atoms with Gasteiger partial charge in [0.05, 0.1) is 13.3 Å². The number of rotatable bonds is 9. The number of methoxy groups -OCH3 is 1. The van der Waals surface area contributed by atoms with Crippen molar-refractivity contribution in [2.24, 2.45) is 5.10 Å². The van der Waals surface area contributed by atoms with Gasteiger partial charge in [0.25, 0.3) is 0 Å². The zero-order valence-corrected chi connectivity index (χ0v) is 17.9. The van der Waals surface area contributed by atoms with Gasteiger partial charge in [0.15, 0.2) is 11.5 Å². The summed E-state index contributed by atoms with van der Waals surface area (Å²) in [4.78, 5) is 13.2. The lowest BCUT2D eigenvalue weighted by molar-refractivity contribution is 0.373. The van der Waals surface area contributed by atoms with Crippen molar-refractivity contribution < 1.29 is 9.84 Å². The Balaban J connectivity index is 1.52. The minimum absolute atomic E-state index is 0.0309. The highest BCUT2D eigenvalue weighted by atomic mass is 16.5. The normalized spacial score (nSPS) is 10.7. The van der Waals surface area contributed by atoms with Crippen LogP contribution in [0.1, 0.15) is 11.1 Å². The van der Waals surface area contributed by atoms with E-state index in [0.717, 1.165) is 11.3 Å². The molecule has 0 radical (unpaired) electrons. The van der Waals surface area contributed by atoms with Gasteiger partial charge < -0.3 is 20.5 Å². The Kier molecular flexibility index (Phi) is 6.92. The van der Waals surface area contributed by atoms with E-state index in [0.29, 0.717) is 29.8 Å². The van der Waals surface area contributed by atoms with Gasteiger partial charge in [-0.3, -0.25) is 0 Å². The van der Waals surface area contributed by atoms with E-state index in [-0.39, 0.29) is 11.7 Å². The maximum Gasteiger partial charge on any atom is 0.250 e. The second-order valence-electron chi connectivity index (χ2n) is 6.94. The van der Waals surface area contributed by atoms with Gasteiger partial charge in [-0.05, 0) is 41.5 Å². The first-order valence-electron chi connectivity index (χ1n) is 10.2. The molecule has 1 aromatic heterocycles. The molecule has 0 saturated carbocycles. The molecule has 0 unspecified atom stereocenters. The lowest BCUT2D eigenvalue weighted by atomic mass is 10.2. The Morgan fingerprint density at radius 1 is 0.879 bits per heavy atom. The Bertz CT molecular complexity index is 1220. The third-order valence-electron chi connectivity index (χ3n) is 4.54. The highest BCUT2D eigenvalue weighted by Crippen LogP contribution is 2.25. The van der Waals surface area contributed by atoms with Crippen LogP contribution in [0.2, 0.25) is 0 Å². The molecule has 0 aliphatic rings. The van der Waals surface area contributed by atoms with Gasteiger partial charge >= 0.3 is 0 Å². The molecule has 4 N–H and O–H groups in total. The van der Waals surface area contributed by atoms with Crippen LogP contribution in [0.3, 0.4) is 0 Å². The highest BCUT2D eigenvalue weighted by molar-refractivity contribution is 5.81. The number of para-hydroxylation sites is 1. The number of nitrogens with zero attached hydrogens (tertiary/aromatic N) is 4. The van der Waals surface area contributed by atoms with Gasteiger partial charge in [-0.1, -0.05) is 48.5 Å². The number of phenolic OH excluding ortho intramolecular Hbond substituents is 1. The maximum absolute atomic E-state index is 9.92. The van der Waals surface area contributed by atoms with Crippen molar-refractivity contribution >= 4 is 29.7 Å². The van der Waals surface area contributed by atoms with Gasteiger partial charge in [0, 0.05) is 12.2 Å². The van der Waals surface area contributed by atoms with Crippen LogP contribution >= 0.6 is 0 Å². The minimum atomic E-state index is 0.0309. The number of aromatic nitrogens is 3. The number of aromatic hydroxyl groups is 1. The number of ether oxygens (including phenoxy) is 1. The van der Waals surface area contributed by atoms with Crippen LogP contribution in [0.4, 0.5) is 23.5 Å². The molecule has 0 aliphatic carbocycles. The third-order valence-corrected chi connectivity index (χ3v) is 4.54. The van der Waals surface area contributed by atoms with Crippen molar-refractivity contribution in [1.29, 1.82) is 0 Å². The average Bonchev–Trinajstić information content (AvgIpc) is 2.84. The Labute approximate surface area is 191 Å². The van der Waals surface area contributed by atoms with E-state index in [1.165, 1.54) is 7.11 Å². The Morgan fingerprint density at radius 2 is 1.58 bits per heavy atom. The average molecular weight is 441 g/mol. The van der Waals surface area contributed by atoms with E-state index in [1.54, 1.807) is 24.4 Å². The van der Waals surface area contributed by atoms with Crippen molar-refractivity contribution in [3.63, 3.8) is 0 Å². The molecule has 3 aromatic carbocycles. The van der Waals surface area contributed by atoms with Crippen LogP contribution in [0, 0.1) is 0 Å². The van der Waals surface area contributed by atoms with Crippen molar-refractivity contribution in [2.75, 3.05) is 23.2 Å². The fraction of sp³-hybridized carbons (Fsp3) is 0.0833. The van der Waals surface area contributed by atoms with Crippen molar-refractivity contribution in [1.82, 2.24) is 15.0 Å². The molecule has 0 aliphatic heterocycles. The molecule has 0 atom stereocenters. The van der Waals surface area contributed by atoms with Crippen LogP contribution in [0.15, 0.2) is 84.0 Å². The molecule has 0 fully saturated rings. The number of anilines is 4. The van der Waals surface area contributed by atoms with Crippen LogP contribution in [-0.2, 0) is 6.54 Å². The highest BCUT2D eigenvalue weighted by Gasteiger charge is 2.07. The number of hydrazone groups is 1. The summed E-state index contributed by atoms with van der Waals surface area (Å²) in [5, 5.41) is 20.5. The van der Waals surface area contributed by atoms with E-state index in [2.05, 4.69) is 36.1 Å². The van der Waals surface area contributed by atoms with Crippen molar-refractivity contribution in [3.8, 4) is 11.5 Å². The standard InChI is InChI=1S/C24H23N7O2/c1-33-21-13-12-18(14-20(21)32)16-26-31-24-29-22(25-15-17-8-4-2-5-9-17)28-23(30-24)27-19-10-6-3-7-11-19/h2-14,16,32H,15H2,1H3,(H3,25,27,28,29,30,31). The first-order valence-corrected chi connectivity index (χ1v) is 10.2. The van der Waals surface area contributed by atoms with Gasteiger partial charge in [0.1, 0.15) is 0 Å². The molecule has 4 rings (SSSR count). The van der Waals surface area contributed by atoms with Crippen molar-refractivity contribution in [2.45, 2.75) is 6.54 Å². The van der Waals surface area contributed by atoms with Crippen LogP contribution in [0.5, 0.6) is 11.5 Å². The summed E-state index contributed by atoms with van der Waals surface area (Å²) in [6.07, 6.45) is 1.55. The second-order valence-corrected chi connectivity index (χ2v) is 6.94. The smallest absolute Gasteiger partial charge is 0.250 e. The topological polar surface area (TPSA) is 117 Å². The fourth-order valence-corrected chi connectivity index (χ4v) is 2.94. The fourth-order valence-electron chi connectivity index (χ4n) is 2.94. The summed E-state index contributed by atoms with van der Waals surface area (Å²) in [6.45, 7) is 0.559. The predicted molar refractivity (Wildman–Crippen MR) is 129 cm³/mol. The number of benzene rings is 3. The number of hydrogen-bond acceptors (Lipinski definition) is 9. The largest absolute Gasteiger partial charge is 0.504 e. The Morgan fingerprint density at radius 3 is 2.30 bits per heavy atom. The van der Waals surface area contributed by atoms with E-state index < -0.39 is 0 Å². The molecule has 1 heterocycles. The molecule has 0 amide bonds. The molecule has 33 heavy (non-hydrogen) atoms. The summed E-state index contributed by atoms with van der Waals surface area (Å²) >= 11 is 0. The van der Waals surface area contributed by atoms with Gasteiger partial charge in [-0.2, -0.15) is 20.1 Å². The monoisotopic (exact) mass is 441 g/mol. The molecule has 9 nitrogen and oxygen atoms in total. The number of phenols is 1. The molecule has 0 bridgehead atoms. The molecule has 0 saturated heterocycles.